The van der Waals surface area contributed by atoms with Gasteiger partial charge in [-0.25, -0.2) is 13.9 Å². The molecular weight excluding hydrogens is 411 g/mol. The Hall–Kier alpha value is -3.39. The van der Waals surface area contributed by atoms with Crippen LogP contribution in [0.2, 0.25) is 0 Å². The molecule has 0 unspecified atom stereocenters. The average Bonchev–Trinajstić information content (AvgIpc) is 3.15. The second-order valence-corrected chi connectivity index (χ2v) is 7.14. The molecule has 2 aromatic carbocycles. The first-order chi connectivity index (χ1) is 15.6. The summed E-state index contributed by atoms with van der Waals surface area (Å²) >= 11 is 0. The summed E-state index contributed by atoms with van der Waals surface area (Å²) in [4.78, 5) is 14.4. The summed E-state index contributed by atoms with van der Waals surface area (Å²) in [5.74, 6) is 0.630. The van der Waals surface area contributed by atoms with E-state index in [1.165, 1.54) is 12.1 Å². The van der Waals surface area contributed by atoms with Crippen LogP contribution < -0.4 is 10.1 Å². The van der Waals surface area contributed by atoms with Gasteiger partial charge in [-0.2, -0.15) is 5.10 Å². The molecule has 3 aromatic rings. The second-order valence-electron chi connectivity index (χ2n) is 7.14. The van der Waals surface area contributed by atoms with Gasteiger partial charge in [0.05, 0.1) is 30.1 Å². The fraction of sp³-hybridized carbons (Fsp3) is 0.333. The van der Waals surface area contributed by atoms with E-state index in [4.69, 9.17) is 14.6 Å². The van der Waals surface area contributed by atoms with Gasteiger partial charge in [0.25, 0.3) is 0 Å². The number of hydrogen-bond donors (Lipinski definition) is 1. The molecule has 0 aliphatic carbocycles. The Morgan fingerprint density at radius 1 is 1.12 bits per heavy atom. The number of urea groups is 1. The van der Waals surface area contributed by atoms with Crippen molar-refractivity contribution in [3.63, 3.8) is 0 Å². The fourth-order valence-corrected chi connectivity index (χ4v) is 3.29. The quantitative estimate of drug-likeness (QED) is 0.502. The van der Waals surface area contributed by atoms with E-state index < -0.39 is 0 Å². The van der Waals surface area contributed by atoms with E-state index >= 15 is 0 Å². The van der Waals surface area contributed by atoms with E-state index in [1.807, 2.05) is 44.2 Å². The Morgan fingerprint density at radius 3 is 2.47 bits per heavy atom. The summed E-state index contributed by atoms with van der Waals surface area (Å²) in [6, 6.07) is 15.3. The van der Waals surface area contributed by atoms with Gasteiger partial charge in [-0.3, -0.25) is 0 Å². The molecule has 8 heteroatoms. The molecule has 0 spiro atoms. The lowest BCUT2D eigenvalue weighted by atomic mass is 10.2. The predicted molar refractivity (Wildman–Crippen MR) is 121 cm³/mol. The molecule has 32 heavy (non-hydrogen) atoms. The van der Waals surface area contributed by atoms with Gasteiger partial charge in [0.2, 0.25) is 5.88 Å². The van der Waals surface area contributed by atoms with Crippen LogP contribution in [0, 0.1) is 5.82 Å². The second kappa shape index (κ2) is 11.3. The highest BCUT2D eigenvalue weighted by molar-refractivity contribution is 5.74. The van der Waals surface area contributed by atoms with Gasteiger partial charge < -0.3 is 19.7 Å². The van der Waals surface area contributed by atoms with Crippen molar-refractivity contribution in [1.29, 1.82) is 0 Å². The Labute approximate surface area is 187 Å². The van der Waals surface area contributed by atoms with Crippen molar-refractivity contribution >= 4 is 6.03 Å². The van der Waals surface area contributed by atoms with Crippen molar-refractivity contribution in [3.05, 3.63) is 71.7 Å². The minimum absolute atomic E-state index is 0.188. The zero-order chi connectivity index (χ0) is 22.9. The van der Waals surface area contributed by atoms with Crippen LogP contribution in [0.3, 0.4) is 0 Å². The minimum Gasteiger partial charge on any atom is -0.439 e. The molecule has 0 atom stereocenters. The summed E-state index contributed by atoms with van der Waals surface area (Å²) in [7, 11) is 1.60. The minimum atomic E-state index is -0.342. The number of halogens is 1. The van der Waals surface area contributed by atoms with Crippen LogP contribution >= 0.6 is 0 Å². The van der Waals surface area contributed by atoms with Gasteiger partial charge >= 0.3 is 6.03 Å². The van der Waals surface area contributed by atoms with Crippen LogP contribution in [0.1, 0.15) is 25.1 Å². The summed E-state index contributed by atoms with van der Waals surface area (Å²) in [5, 5.41) is 7.63. The van der Waals surface area contributed by atoms with Crippen molar-refractivity contribution in [2.24, 2.45) is 0 Å². The molecule has 7 nitrogen and oxygen atoms in total. The molecule has 1 aromatic heterocycles. The van der Waals surface area contributed by atoms with Crippen LogP contribution in [0.25, 0.3) is 5.69 Å². The Morgan fingerprint density at radius 2 is 1.84 bits per heavy atom. The average molecular weight is 441 g/mol. The van der Waals surface area contributed by atoms with Crippen LogP contribution in [-0.2, 0) is 17.7 Å². The lowest BCUT2D eigenvalue weighted by Crippen LogP contribution is -2.41. The van der Waals surface area contributed by atoms with Crippen molar-refractivity contribution in [2.45, 2.75) is 26.8 Å². The van der Waals surface area contributed by atoms with E-state index in [-0.39, 0.29) is 11.8 Å². The van der Waals surface area contributed by atoms with Crippen LogP contribution in [0.4, 0.5) is 9.18 Å². The van der Waals surface area contributed by atoms with E-state index in [1.54, 1.807) is 28.8 Å². The van der Waals surface area contributed by atoms with Gasteiger partial charge in [-0.1, -0.05) is 25.1 Å². The number of amides is 2. The predicted octanol–water partition coefficient (Wildman–Crippen LogP) is 4.54. The Kier molecular flexibility index (Phi) is 8.21. The number of methoxy groups -OCH3 is 1. The smallest absolute Gasteiger partial charge is 0.317 e. The molecule has 1 N–H and O–H groups in total. The van der Waals surface area contributed by atoms with Gasteiger partial charge in [0.15, 0.2) is 0 Å². The molecule has 1 heterocycles. The topological polar surface area (TPSA) is 68.6 Å². The first-order valence-electron chi connectivity index (χ1n) is 10.7. The summed E-state index contributed by atoms with van der Waals surface area (Å²) in [6.07, 6.45) is 0.655. The van der Waals surface area contributed by atoms with Crippen molar-refractivity contribution in [3.8, 4) is 17.3 Å². The number of nitrogens with zero attached hydrogens (tertiary/aromatic N) is 3. The van der Waals surface area contributed by atoms with Crippen LogP contribution in [0.15, 0.2) is 54.6 Å². The maximum absolute atomic E-state index is 13.4. The lowest BCUT2D eigenvalue weighted by Gasteiger charge is -2.23. The number of nitrogens with one attached hydrogen (secondary N) is 1. The summed E-state index contributed by atoms with van der Waals surface area (Å²) < 4.78 is 26.6. The summed E-state index contributed by atoms with van der Waals surface area (Å²) in [5.41, 5.74) is 2.44. The molecule has 2 amide bonds. The van der Waals surface area contributed by atoms with Gasteiger partial charge in [-0.05, 0) is 49.7 Å². The molecule has 0 bridgehead atoms. The standard InChI is InChI=1S/C24H29FN4O3/c1-4-22-21(17-28(15-16-31-3)24(30)26-5-2)23(32-20-13-11-18(25)12-14-20)29(27-22)19-9-7-6-8-10-19/h6-14H,4-5,15-17H2,1-3H3,(H,26,30). The van der Waals surface area contributed by atoms with Crippen molar-refractivity contribution in [2.75, 3.05) is 26.8 Å². The number of para-hydroxylation sites is 1. The number of carbonyl (C=O) groups excluding carboxylic acids is 1. The molecule has 0 aliphatic heterocycles. The number of carbonyl (C=O) groups is 1. The highest BCUT2D eigenvalue weighted by Gasteiger charge is 2.24. The zero-order valence-electron chi connectivity index (χ0n) is 18.7. The normalized spacial score (nSPS) is 10.8. The van der Waals surface area contributed by atoms with E-state index in [9.17, 15) is 9.18 Å². The molecule has 0 saturated heterocycles. The largest absolute Gasteiger partial charge is 0.439 e. The Bertz CT molecular complexity index is 1010. The van der Waals surface area contributed by atoms with Gasteiger partial charge in [-0.15, -0.1) is 0 Å². The molecule has 3 rings (SSSR count). The van der Waals surface area contributed by atoms with E-state index in [0.717, 1.165) is 16.9 Å². The maximum Gasteiger partial charge on any atom is 0.317 e. The van der Waals surface area contributed by atoms with Gasteiger partial charge in [0, 0.05) is 20.2 Å². The number of aromatic nitrogens is 2. The molecular formula is C24H29FN4O3. The van der Waals surface area contributed by atoms with Gasteiger partial charge in [0.1, 0.15) is 11.6 Å². The molecule has 0 fully saturated rings. The third-order valence-electron chi connectivity index (χ3n) is 4.91. The van der Waals surface area contributed by atoms with E-state index in [2.05, 4.69) is 5.32 Å². The first kappa shape index (κ1) is 23.3. The SMILES string of the molecule is CCNC(=O)N(CCOC)Cc1c(CC)nn(-c2ccccc2)c1Oc1ccc(F)cc1. The number of aryl methyl sites for hydroxylation is 1. The van der Waals surface area contributed by atoms with Crippen LogP contribution in [0.5, 0.6) is 11.6 Å². The highest BCUT2D eigenvalue weighted by Crippen LogP contribution is 2.32. The Balaban J connectivity index is 2.06. The first-order valence-corrected chi connectivity index (χ1v) is 10.7. The van der Waals surface area contributed by atoms with E-state index in [0.29, 0.717) is 44.3 Å². The number of rotatable bonds is 10. The molecule has 170 valence electrons. The number of benzene rings is 2. The zero-order valence-corrected chi connectivity index (χ0v) is 18.7. The van der Waals surface area contributed by atoms with Crippen LogP contribution in [-0.4, -0.2) is 47.5 Å². The lowest BCUT2D eigenvalue weighted by molar-refractivity contribution is 0.146. The third-order valence-corrected chi connectivity index (χ3v) is 4.91. The monoisotopic (exact) mass is 440 g/mol. The molecule has 0 saturated carbocycles. The van der Waals surface area contributed by atoms with Crippen molar-refractivity contribution in [1.82, 2.24) is 20.0 Å². The molecule has 0 aliphatic rings. The number of hydrogen-bond acceptors (Lipinski definition) is 4. The summed E-state index contributed by atoms with van der Waals surface area (Å²) in [6.45, 7) is 5.51. The maximum atomic E-state index is 13.4. The van der Waals surface area contributed by atoms with Crippen molar-refractivity contribution < 1.29 is 18.7 Å². The number of ether oxygens (including phenoxy) is 2. The molecule has 0 radical (unpaired) electrons. The highest BCUT2D eigenvalue weighted by atomic mass is 19.1. The third kappa shape index (κ3) is 5.64. The fourth-order valence-electron chi connectivity index (χ4n) is 3.29.